The highest BCUT2D eigenvalue weighted by molar-refractivity contribution is 6.03. The maximum absolute atomic E-state index is 12.8. The first kappa shape index (κ1) is 19.5. The predicted molar refractivity (Wildman–Crippen MR) is 106 cm³/mol. The van der Waals surface area contributed by atoms with E-state index in [9.17, 15) is 9.59 Å². The molecule has 1 saturated heterocycles. The van der Waals surface area contributed by atoms with Gasteiger partial charge in [0.1, 0.15) is 5.75 Å². The number of hydrogen-bond donors (Lipinski definition) is 1. The lowest BCUT2D eigenvalue weighted by Crippen LogP contribution is -2.28. The lowest BCUT2D eigenvalue weighted by Gasteiger charge is -2.18. The minimum absolute atomic E-state index is 0.0857. The van der Waals surface area contributed by atoms with Crippen LogP contribution in [-0.4, -0.2) is 39.7 Å². The highest BCUT2D eigenvalue weighted by Gasteiger charge is 2.35. The molecular weight excluding hydrogens is 360 g/mol. The van der Waals surface area contributed by atoms with Gasteiger partial charge in [-0.05, 0) is 30.7 Å². The third-order valence-corrected chi connectivity index (χ3v) is 4.85. The smallest absolute Gasteiger partial charge is 0.229 e. The molecule has 2 aromatic rings. The predicted octanol–water partition coefficient (Wildman–Crippen LogP) is 3.01. The number of benzene rings is 2. The van der Waals surface area contributed by atoms with E-state index < -0.39 is 5.92 Å². The third-order valence-electron chi connectivity index (χ3n) is 4.85. The van der Waals surface area contributed by atoms with E-state index in [1.165, 1.54) is 0 Å². The number of hydrogen-bond acceptors (Lipinski definition) is 5. The van der Waals surface area contributed by atoms with E-state index in [1.807, 2.05) is 25.1 Å². The van der Waals surface area contributed by atoms with E-state index >= 15 is 0 Å². The Morgan fingerprint density at radius 1 is 1.07 bits per heavy atom. The SMILES string of the molecule is COc1cccc(N2C[C@H](C(=O)Nc3cc(OC)c(OC)cc3C)CC2=O)c1. The van der Waals surface area contributed by atoms with Crippen LogP contribution in [0.2, 0.25) is 0 Å². The fraction of sp³-hybridized carbons (Fsp3) is 0.333. The summed E-state index contributed by atoms with van der Waals surface area (Å²) in [6.45, 7) is 2.20. The van der Waals surface area contributed by atoms with Crippen LogP contribution in [-0.2, 0) is 9.59 Å². The Labute approximate surface area is 164 Å². The summed E-state index contributed by atoms with van der Waals surface area (Å²) in [4.78, 5) is 26.9. The normalized spacial score (nSPS) is 16.1. The van der Waals surface area contributed by atoms with Gasteiger partial charge in [-0.15, -0.1) is 0 Å². The van der Waals surface area contributed by atoms with Crippen LogP contribution < -0.4 is 24.4 Å². The van der Waals surface area contributed by atoms with E-state index in [0.29, 0.717) is 29.5 Å². The van der Waals surface area contributed by atoms with Gasteiger partial charge >= 0.3 is 0 Å². The van der Waals surface area contributed by atoms with Gasteiger partial charge in [-0.3, -0.25) is 9.59 Å². The van der Waals surface area contributed by atoms with E-state index in [1.54, 1.807) is 44.4 Å². The molecule has 0 bridgehead atoms. The van der Waals surface area contributed by atoms with Crippen molar-refractivity contribution in [3.63, 3.8) is 0 Å². The second kappa shape index (κ2) is 8.21. The average Bonchev–Trinajstić information content (AvgIpc) is 3.11. The van der Waals surface area contributed by atoms with Gasteiger partial charge < -0.3 is 24.4 Å². The van der Waals surface area contributed by atoms with Crippen molar-refractivity contribution in [1.82, 2.24) is 0 Å². The number of rotatable bonds is 6. The van der Waals surface area contributed by atoms with E-state index in [0.717, 1.165) is 11.3 Å². The summed E-state index contributed by atoms with van der Waals surface area (Å²) in [5, 5.41) is 2.92. The van der Waals surface area contributed by atoms with Gasteiger partial charge in [0.25, 0.3) is 0 Å². The van der Waals surface area contributed by atoms with Gasteiger partial charge in [-0.25, -0.2) is 0 Å². The number of methoxy groups -OCH3 is 3. The van der Waals surface area contributed by atoms with Gasteiger partial charge in [0, 0.05) is 36.5 Å². The number of aryl methyl sites for hydroxylation is 1. The number of carbonyl (C=O) groups is 2. The third kappa shape index (κ3) is 3.88. The zero-order valence-electron chi connectivity index (χ0n) is 16.4. The monoisotopic (exact) mass is 384 g/mol. The standard InChI is InChI=1S/C21H24N2O5/c1-13-8-18(27-3)19(28-4)11-17(13)22-21(25)14-9-20(24)23(12-14)15-6-5-7-16(10-15)26-2/h5-8,10-11,14H,9,12H2,1-4H3,(H,22,25)/t14-/m1/s1. The molecule has 2 amide bonds. The largest absolute Gasteiger partial charge is 0.497 e. The molecule has 1 atom stereocenters. The van der Waals surface area contributed by atoms with Crippen LogP contribution in [0.1, 0.15) is 12.0 Å². The number of amides is 2. The molecule has 3 rings (SSSR count). The highest BCUT2D eigenvalue weighted by atomic mass is 16.5. The minimum atomic E-state index is -0.439. The van der Waals surface area contributed by atoms with Crippen LogP contribution in [0.15, 0.2) is 36.4 Å². The van der Waals surface area contributed by atoms with Crippen molar-refractivity contribution in [3.05, 3.63) is 42.0 Å². The summed E-state index contributed by atoms with van der Waals surface area (Å²) in [5.41, 5.74) is 2.21. The van der Waals surface area contributed by atoms with Gasteiger partial charge in [-0.1, -0.05) is 6.07 Å². The zero-order chi connectivity index (χ0) is 20.3. The number of nitrogens with zero attached hydrogens (tertiary/aromatic N) is 1. The Balaban J connectivity index is 1.75. The first-order chi connectivity index (χ1) is 13.5. The van der Waals surface area contributed by atoms with Crippen molar-refractivity contribution in [2.45, 2.75) is 13.3 Å². The lowest BCUT2D eigenvalue weighted by atomic mass is 10.1. The molecule has 148 valence electrons. The Kier molecular flexibility index (Phi) is 5.73. The van der Waals surface area contributed by atoms with Crippen molar-refractivity contribution in [2.75, 3.05) is 38.1 Å². The molecule has 0 aliphatic carbocycles. The van der Waals surface area contributed by atoms with Crippen molar-refractivity contribution >= 4 is 23.2 Å². The minimum Gasteiger partial charge on any atom is -0.497 e. The number of anilines is 2. The fourth-order valence-electron chi connectivity index (χ4n) is 3.26. The molecule has 0 radical (unpaired) electrons. The van der Waals surface area contributed by atoms with Crippen molar-refractivity contribution < 1.29 is 23.8 Å². The molecule has 0 aromatic heterocycles. The van der Waals surface area contributed by atoms with Crippen LogP contribution >= 0.6 is 0 Å². The Morgan fingerprint density at radius 2 is 1.79 bits per heavy atom. The van der Waals surface area contributed by atoms with Crippen LogP contribution in [0.5, 0.6) is 17.2 Å². The molecule has 0 unspecified atom stereocenters. The van der Waals surface area contributed by atoms with Gasteiger partial charge in [0.05, 0.1) is 27.2 Å². The first-order valence-electron chi connectivity index (χ1n) is 8.94. The van der Waals surface area contributed by atoms with Crippen LogP contribution in [0.25, 0.3) is 0 Å². The summed E-state index contributed by atoms with van der Waals surface area (Å²) >= 11 is 0. The van der Waals surface area contributed by atoms with Crippen molar-refractivity contribution in [3.8, 4) is 17.2 Å². The number of ether oxygens (including phenoxy) is 3. The molecule has 1 heterocycles. The van der Waals surface area contributed by atoms with E-state index in [4.69, 9.17) is 14.2 Å². The molecule has 1 N–H and O–H groups in total. The first-order valence-corrected chi connectivity index (χ1v) is 8.94. The quantitative estimate of drug-likeness (QED) is 0.828. The molecular formula is C21H24N2O5. The van der Waals surface area contributed by atoms with Crippen molar-refractivity contribution in [2.24, 2.45) is 5.92 Å². The van der Waals surface area contributed by atoms with Crippen molar-refractivity contribution in [1.29, 1.82) is 0 Å². The zero-order valence-corrected chi connectivity index (χ0v) is 16.4. The maximum atomic E-state index is 12.8. The molecule has 7 nitrogen and oxygen atoms in total. The molecule has 7 heteroatoms. The van der Waals surface area contributed by atoms with Gasteiger partial charge in [0.15, 0.2) is 11.5 Å². The van der Waals surface area contributed by atoms with Gasteiger partial charge in [0.2, 0.25) is 11.8 Å². The average molecular weight is 384 g/mol. The summed E-state index contributed by atoms with van der Waals surface area (Å²) in [6, 6.07) is 10.8. The summed E-state index contributed by atoms with van der Waals surface area (Å²) < 4.78 is 15.8. The molecule has 0 saturated carbocycles. The second-order valence-electron chi connectivity index (χ2n) is 6.62. The van der Waals surface area contributed by atoms with Crippen LogP contribution in [0.3, 0.4) is 0 Å². The number of nitrogens with one attached hydrogen (secondary N) is 1. The molecule has 1 aliphatic heterocycles. The lowest BCUT2D eigenvalue weighted by molar-refractivity contribution is -0.122. The van der Waals surface area contributed by atoms with E-state index in [-0.39, 0.29) is 18.2 Å². The van der Waals surface area contributed by atoms with Gasteiger partial charge in [-0.2, -0.15) is 0 Å². The Bertz CT molecular complexity index is 896. The molecule has 2 aromatic carbocycles. The second-order valence-corrected chi connectivity index (χ2v) is 6.62. The molecule has 28 heavy (non-hydrogen) atoms. The van der Waals surface area contributed by atoms with Crippen LogP contribution in [0, 0.1) is 12.8 Å². The summed E-state index contributed by atoms with van der Waals surface area (Å²) in [7, 11) is 4.68. The number of carbonyl (C=O) groups excluding carboxylic acids is 2. The molecule has 1 aliphatic rings. The Morgan fingerprint density at radius 3 is 2.46 bits per heavy atom. The Hall–Kier alpha value is -3.22. The van der Waals surface area contributed by atoms with E-state index in [2.05, 4.69) is 5.32 Å². The van der Waals surface area contributed by atoms with Crippen LogP contribution in [0.4, 0.5) is 11.4 Å². The molecule has 0 spiro atoms. The maximum Gasteiger partial charge on any atom is 0.229 e. The fourth-order valence-corrected chi connectivity index (χ4v) is 3.26. The topological polar surface area (TPSA) is 77.1 Å². The summed E-state index contributed by atoms with van der Waals surface area (Å²) in [5.74, 6) is 1.07. The highest BCUT2D eigenvalue weighted by Crippen LogP contribution is 2.34. The molecule has 1 fully saturated rings. The summed E-state index contributed by atoms with van der Waals surface area (Å²) in [6.07, 6.45) is 0.162.